The fourth-order valence-electron chi connectivity index (χ4n) is 4.81. The number of rotatable bonds is 4. The van der Waals surface area contributed by atoms with Crippen molar-refractivity contribution in [2.45, 2.75) is 46.1 Å². The fourth-order valence-corrected chi connectivity index (χ4v) is 4.81. The summed E-state index contributed by atoms with van der Waals surface area (Å²) in [4.78, 5) is 12.2. The van der Waals surface area contributed by atoms with Crippen LogP contribution in [0.5, 0.6) is 11.5 Å². The third kappa shape index (κ3) is 2.72. The Morgan fingerprint density at radius 2 is 2.00 bits per heavy atom. The minimum atomic E-state index is -0.255. The lowest BCUT2D eigenvalue weighted by Gasteiger charge is -2.38. The molecule has 26 heavy (non-hydrogen) atoms. The van der Waals surface area contributed by atoms with Crippen molar-refractivity contribution in [1.82, 2.24) is 0 Å². The largest absolute Gasteiger partial charge is 0.459 e. The van der Waals surface area contributed by atoms with Gasteiger partial charge in [0.2, 0.25) is 6.79 Å². The van der Waals surface area contributed by atoms with Gasteiger partial charge in [0.1, 0.15) is 6.10 Å². The summed E-state index contributed by atoms with van der Waals surface area (Å²) in [5, 5.41) is 0. The van der Waals surface area contributed by atoms with Gasteiger partial charge in [-0.3, -0.25) is 0 Å². The lowest BCUT2D eigenvalue weighted by Crippen LogP contribution is -2.38. The third-order valence-corrected chi connectivity index (χ3v) is 7.00. The van der Waals surface area contributed by atoms with Crippen LogP contribution < -0.4 is 9.47 Å². The van der Waals surface area contributed by atoms with E-state index in [0.29, 0.717) is 5.92 Å². The molecular weight excluding hydrogens is 328 g/mol. The Bertz CT molecular complexity index is 776. The first kappa shape index (κ1) is 17.2. The van der Waals surface area contributed by atoms with Crippen molar-refractivity contribution in [3.8, 4) is 11.5 Å². The van der Waals surface area contributed by atoms with Crippen LogP contribution >= 0.6 is 0 Å². The highest BCUT2D eigenvalue weighted by molar-refractivity contribution is 5.82. The summed E-state index contributed by atoms with van der Waals surface area (Å²) >= 11 is 0. The van der Waals surface area contributed by atoms with Crippen molar-refractivity contribution >= 4 is 12.0 Å². The summed E-state index contributed by atoms with van der Waals surface area (Å²) in [5.41, 5.74) is 1.35. The van der Waals surface area contributed by atoms with Crippen LogP contribution in [0.25, 0.3) is 6.08 Å². The smallest absolute Gasteiger partial charge is 0.331 e. The van der Waals surface area contributed by atoms with Crippen molar-refractivity contribution in [2.75, 3.05) is 6.79 Å². The van der Waals surface area contributed by atoms with Gasteiger partial charge < -0.3 is 14.2 Å². The molecule has 0 spiro atoms. The molecule has 2 aliphatic carbocycles. The first-order valence-electron chi connectivity index (χ1n) is 9.35. The number of carbonyl (C=O) groups excluding carboxylic acids is 1. The lowest BCUT2D eigenvalue weighted by atomic mass is 9.70. The second kappa shape index (κ2) is 6.19. The molecule has 0 saturated heterocycles. The van der Waals surface area contributed by atoms with Crippen LogP contribution in [0, 0.1) is 16.7 Å². The van der Waals surface area contributed by atoms with Crippen LogP contribution in [-0.4, -0.2) is 18.9 Å². The molecule has 0 N–H and O–H groups in total. The van der Waals surface area contributed by atoms with Gasteiger partial charge in [0.05, 0.1) is 0 Å². The van der Waals surface area contributed by atoms with E-state index < -0.39 is 0 Å². The van der Waals surface area contributed by atoms with Gasteiger partial charge in [-0.2, -0.15) is 0 Å². The number of benzene rings is 1. The van der Waals surface area contributed by atoms with E-state index in [2.05, 4.69) is 20.8 Å². The molecule has 2 saturated carbocycles. The summed E-state index contributed by atoms with van der Waals surface area (Å²) in [7, 11) is 0. The van der Waals surface area contributed by atoms with E-state index in [1.807, 2.05) is 30.4 Å². The van der Waals surface area contributed by atoms with Gasteiger partial charge in [0.25, 0.3) is 0 Å². The molecule has 4 nitrogen and oxygen atoms in total. The Balaban J connectivity index is 1.34. The number of ether oxygens (including phenoxy) is 3. The Labute approximate surface area is 154 Å². The van der Waals surface area contributed by atoms with Crippen LogP contribution in [-0.2, 0) is 9.53 Å². The molecule has 1 aromatic rings. The van der Waals surface area contributed by atoms with Crippen molar-refractivity contribution in [1.29, 1.82) is 0 Å². The van der Waals surface area contributed by atoms with E-state index in [-0.39, 0.29) is 29.7 Å². The third-order valence-electron chi connectivity index (χ3n) is 7.00. The number of fused-ring (bicyclic) bond motifs is 3. The zero-order chi connectivity index (χ0) is 18.4. The highest BCUT2D eigenvalue weighted by Crippen LogP contribution is 2.66. The number of carbonyl (C=O) groups is 1. The molecule has 138 valence electrons. The normalized spacial score (nSPS) is 31.2. The lowest BCUT2D eigenvalue weighted by molar-refractivity contribution is -0.150. The predicted octanol–water partition coefficient (Wildman–Crippen LogP) is 4.74. The Kier molecular flexibility index (Phi) is 4.09. The first-order chi connectivity index (χ1) is 12.4. The molecule has 3 aliphatic rings. The van der Waals surface area contributed by atoms with Gasteiger partial charge in [-0.15, -0.1) is 0 Å². The summed E-state index contributed by atoms with van der Waals surface area (Å²) in [6.07, 6.45) is 10.4. The molecule has 0 amide bonds. The minimum absolute atomic E-state index is 0.0336. The average molecular weight is 354 g/mol. The van der Waals surface area contributed by atoms with E-state index in [0.717, 1.165) is 29.9 Å². The van der Waals surface area contributed by atoms with Crippen molar-refractivity contribution in [2.24, 2.45) is 16.7 Å². The average Bonchev–Trinajstić information content (AvgIpc) is 3.21. The maximum absolute atomic E-state index is 12.2. The van der Waals surface area contributed by atoms with E-state index in [1.165, 1.54) is 12.5 Å². The first-order valence-corrected chi connectivity index (χ1v) is 9.35. The summed E-state index contributed by atoms with van der Waals surface area (Å²) < 4.78 is 16.5. The Hall–Kier alpha value is -2.23. The topological polar surface area (TPSA) is 44.8 Å². The van der Waals surface area contributed by atoms with Crippen molar-refractivity contribution < 1.29 is 19.0 Å². The molecule has 1 aliphatic heterocycles. The van der Waals surface area contributed by atoms with Crippen LogP contribution in [0.15, 0.2) is 36.4 Å². The molecule has 1 aromatic carbocycles. The van der Waals surface area contributed by atoms with E-state index >= 15 is 0 Å². The summed E-state index contributed by atoms with van der Waals surface area (Å²) in [5.74, 6) is 1.93. The zero-order valence-electron chi connectivity index (χ0n) is 15.7. The highest BCUT2D eigenvalue weighted by Gasteiger charge is 2.62. The van der Waals surface area contributed by atoms with E-state index in [9.17, 15) is 4.79 Å². The van der Waals surface area contributed by atoms with Crippen LogP contribution in [0.1, 0.15) is 45.6 Å². The molecule has 3 atom stereocenters. The molecule has 1 heterocycles. The second-order valence-corrected chi connectivity index (χ2v) is 8.37. The molecular formula is C22H26O4. The Morgan fingerprint density at radius 3 is 2.73 bits per heavy atom. The van der Waals surface area contributed by atoms with E-state index in [1.54, 1.807) is 6.08 Å². The molecule has 0 aromatic heterocycles. The highest BCUT2D eigenvalue weighted by atomic mass is 16.7. The molecule has 0 radical (unpaired) electrons. The second-order valence-electron chi connectivity index (χ2n) is 8.37. The van der Waals surface area contributed by atoms with Crippen LogP contribution in [0.4, 0.5) is 0 Å². The van der Waals surface area contributed by atoms with Gasteiger partial charge in [-0.25, -0.2) is 4.79 Å². The van der Waals surface area contributed by atoms with Gasteiger partial charge in [-0.1, -0.05) is 45.1 Å². The molecule has 2 fully saturated rings. The number of esters is 1. The number of hydrogen-bond acceptors (Lipinski definition) is 4. The van der Waals surface area contributed by atoms with E-state index in [4.69, 9.17) is 14.2 Å². The summed E-state index contributed by atoms with van der Waals surface area (Å²) in [6.45, 7) is 7.19. The number of allylic oxidation sites excluding steroid dienone is 2. The van der Waals surface area contributed by atoms with Gasteiger partial charge in [-0.05, 0) is 48.3 Å². The maximum atomic E-state index is 12.2. The van der Waals surface area contributed by atoms with Crippen LogP contribution in [0.3, 0.4) is 0 Å². The number of hydrogen-bond donors (Lipinski definition) is 0. The van der Waals surface area contributed by atoms with Crippen LogP contribution in [0.2, 0.25) is 0 Å². The molecule has 4 rings (SSSR count). The van der Waals surface area contributed by atoms with Gasteiger partial charge in [0.15, 0.2) is 11.5 Å². The molecule has 2 bridgehead atoms. The maximum Gasteiger partial charge on any atom is 0.331 e. The predicted molar refractivity (Wildman–Crippen MR) is 99.8 cm³/mol. The standard InChI is InChI=1S/C22H26O4/c1-21(2)16-10-11-22(21,3)19(13-16)26-20(23)7-5-4-6-15-8-9-17-18(12-15)25-14-24-17/h4-9,12,16,19H,10-11,13-14H2,1-3H3. The fraction of sp³-hybridized carbons (Fsp3) is 0.500. The van der Waals surface area contributed by atoms with Gasteiger partial charge >= 0.3 is 5.97 Å². The Morgan fingerprint density at radius 1 is 1.19 bits per heavy atom. The minimum Gasteiger partial charge on any atom is -0.459 e. The quantitative estimate of drug-likeness (QED) is 0.445. The van der Waals surface area contributed by atoms with Gasteiger partial charge in [0, 0.05) is 11.5 Å². The monoisotopic (exact) mass is 354 g/mol. The zero-order valence-corrected chi connectivity index (χ0v) is 15.7. The molecule has 3 unspecified atom stereocenters. The molecule has 4 heteroatoms. The SMILES string of the molecule is CC1(C)C2CCC1(C)C(OC(=O)C=CC=Cc1ccc3c(c1)OCO3)C2. The summed E-state index contributed by atoms with van der Waals surface area (Å²) in [6, 6.07) is 5.76. The van der Waals surface area contributed by atoms with Crippen molar-refractivity contribution in [3.63, 3.8) is 0 Å². The van der Waals surface area contributed by atoms with Crippen molar-refractivity contribution in [3.05, 3.63) is 42.0 Å².